The molecular weight excluding hydrogens is 182 g/mol. The summed E-state index contributed by atoms with van der Waals surface area (Å²) < 4.78 is 2.28. The van der Waals surface area contributed by atoms with Crippen LogP contribution in [0, 0.1) is 19.3 Å². The van der Waals surface area contributed by atoms with Gasteiger partial charge in [-0.15, -0.1) is 12.3 Å². The molecule has 2 rings (SSSR count). The molecule has 0 spiro atoms. The highest BCUT2D eigenvalue weighted by Crippen LogP contribution is 2.17. The van der Waals surface area contributed by atoms with Gasteiger partial charge in [-0.3, -0.25) is 0 Å². The smallest absolute Gasteiger partial charge is 0.0482 e. The standard InChI is InChI=1S/C14H15N/c1-3-4-5-9-15-10-8-13-7-6-12(2)11-14(13)15/h1,6-8,10-11H,4-5,9H2,2H3. The largest absolute Gasteiger partial charge is 0.347 e. The predicted molar refractivity (Wildman–Crippen MR) is 64.7 cm³/mol. The molecule has 1 nitrogen and oxygen atoms in total. The van der Waals surface area contributed by atoms with E-state index in [9.17, 15) is 0 Å². The molecule has 0 atom stereocenters. The molecule has 0 N–H and O–H groups in total. The van der Waals surface area contributed by atoms with Gasteiger partial charge in [0, 0.05) is 24.7 Å². The summed E-state index contributed by atoms with van der Waals surface area (Å²) in [7, 11) is 0. The Kier molecular flexibility index (Phi) is 2.78. The van der Waals surface area contributed by atoms with Crippen LogP contribution < -0.4 is 0 Å². The molecular formula is C14H15N. The fraction of sp³-hybridized carbons (Fsp3) is 0.286. The summed E-state index contributed by atoms with van der Waals surface area (Å²) in [6, 6.07) is 8.70. The minimum atomic E-state index is 0.853. The molecule has 1 heterocycles. The highest BCUT2D eigenvalue weighted by Gasteiger charge is 1.99. The Hall–Kier alpha value is -1.68. The number of unbranched alkanes of at least 4 members (excludes halogenated alkanes) is 1. The lowest BCUT2D eigenvalue weighted by molar-refractivity contribution is 0.677. The van der Waals surface area contributed by atoms with Gasteiger partial charge in [0.25, 0.3) is 0 Å². The molecule has 76 valence electrons. The molecule has 0 saturated carbocycles. The number of aryl methyl sites for hydroxylation is 2. The SMILES string of the molecule is C#CCCCn1ccc2ccc(C)cc21. The second-order valence-electron chi connectivity index (χ2n) is 3.88. The third-order valence-corrected chi connectivity index (χ3v) is 2.65. The average molecular weight is 197 g/mol. The number of aromatic nitrogens is 1. The van der Waals surface area contributed by atoms with Crippen LogP contribution in [0.3, 0.4) is 0 Å². The van der Waals surface area contributed by atoms with Crippen LogP contribution in [0.25, 0.3) is 10.9 Å². The van der Waals surface area contributed by atoms with Crippen molar-refractivity contribution in [2.45, 2.75) is 26.3 Å². The van der Waals surface area contributed by atoms with Crippen molar-refractivity contribution in [3.05, 3.63) is 36.0 Å². The van der Waals surface area contributed by atoms with Gasteiger partial charge in [0.15, 0.2) is 0 Å². The molecule has 0 bridgehead atoms. The Morgan fingerprint density at radius 2 is 2.20 bits per heavy atom. The lowest BCUT2D eigenvalue weighted by Crippen LogP contribution is -1.95. The molecule has 0 aliphatic rings. The van der Waals surface area contributed by atoms with Crippen LogP contribution in [-0.2, 0) is 6.54 Å². The molecule has 15 heavy (non-hydrogen) atoms. The van der Waals surface area contributed by atoms with E-state index in [1.165, 1.54) is 16.5 Å². The molecule has 1 heteroatoms. The van der Waals surface area contributed by atoms with E-state index in [0.29, 0.717) is 0 Å². The first kappa shape index (κ1) is 9.86. The van der Waals surface area contributed by atoms with Crippen LogP contribution >= 0.6 is 0 Å². The quantitative estimate of drug-likeness (QED) is 0.525. The van der Waals surface area contributed by atoms with Gasteiger partial charge in [0.05, 0.1) is 0 Å². The molecule has 0 amide bonds. The zero-order valence-corrected chi connectivity index (χ0v) is 9.03. The summed E-state index contributed by atoms with van der Waals surface area (Å²) in [6.45, 7) is 3.13. The molecule has 0 radical (unpaired) electrons. The number of rotatable bonds is 3. The van der Waals surface area contributed by atoms with Crippen molar-refractivity contribution >= 4 is 10.9 Å². The minimum Gasteiger partial charge on any atom is -0.347 e. The summed E-state index contributed by atoms with van der Waals surface area (Å²) >= 11 is 0. The van der Waals surface area contributed by atoms with Crippen LogP contribution in [0.4, 0.5) is 0 Å². The Bertz CT molecular complexity index is 500. The molecule has 0 saturated heterocycles. The monoisotopic (exact) mass is 197 g/mol. The number of hydrogen-bond donors (Lipinski definition) is 0. The Labute approximate surface area is 90.7 Å². The van der Waals surface area contributed by atoms with Gasteiger partial charge in [0.2, 0.25) is 0 Å². The Morgan fingerprint density at radius 1 is 1.33 bits per heavy atom. The third kappa shape index (κ3) is 2.05. The minimum absolute atomic E-state index is 0.853. The van der Waals surface area contributed by atoms with Crippen molar-refractivity contribution in [2.75, 3.05) is 0 Å². The molecule has 1 aromatic carbocycles. The average Bonchev–Trinajstić information content (AvgIpc) is 2.62. The van der Waals surface area contributed by atoms with Gasteiger partial charge < -0.3 is 4.57 Å². The lowest BCUT2D eigenvalue weighted by Gasteiger charge is -2.04. The maximum Gasteiger partial charge on any atom is 0.0482 e. The van der Waals surface area contributed by atoms with Crippen LogP contribution in [0.1, 0.15) is 18.4 Å². The molecule has 0 aliphatic heterocycles. The van der Waals surface area contributed by atoms with E-state index in [1.807, 2.05) is 0 Å². The maximum absolute atomic E-state index is 5.25. The lowest BCUT2D eigenvalue weighted by atomic mass is 10.2. The molecule has 0 aliphatic carbocycles. The van der Waals surface area contributed by atoms with Crippen LogP contribution in [0.5, 0.6) is 0 Å². The van der Waals surface area contributed by atoms with E-state index in [2.05, 4.69) is 47.9 Å². The van der Waals surface area contributed by atoms with Crippen LogP contribution in [-0.4, -0.2) is 4.57 Å². The van der Waals surface area contributed by atoms with Crippen molar-refractivity contribution in [3.63, 3.8) is 0 Å². The molecule has 0 fully saturated rings. The molecule has 1 aromatic heterocycles. The van der Waals surface area contributed by atoms with E-state index in [0.717, 1.165) is 19.4 Å². The van der Waals surface area contributed by atoms with Gasteiger partial charge >= 0.3 is 0 Å². The third-order valence-electron chi connectivity index (χ3n) is 2.65. The molecule has 2 aromatic rings. The molecule has 0 unspecified atom stereocenters. The number of nitrogens with zero attached hydrogens (tertiary/aromatic N) is 1. The predicted octanol–water partition coefficient (Wildman–Crippen LogP) is 3.36. The van der Waals surface area contributed by atoms with Crippen molar-refractivity contribution in [1.82, 2.24) is 4.57 Å². The van der Waals surface area contributed by atoms with Crippen LogP contribution in [0.15, 0.2) is 30.5 Å². The first-order chi connectivity index (χ1) is 7.31. The Morgan fingerprint density at radius 3 is 3.00 bits per heavy atom. The van der Waals surface area contributed by atoms with E-state index >= 15 is 0 Å². The maximum atomic E-state index is 5.25. The normalized spacial score (nSPS) is 10.4. The van der Waals surface area contributed by atoms with Crippen molar-refractivity contribution in [2.24, 2.45) is 0 Å². The highest BCUT2D eigenvalue weighted by molar-refractivity contribution is 5.80. The first-order valence-corrected chi connectivity index (χ1v) is 5.30. The van der Waals surface area contributed by atoms with Crippen molar-refractivity contribution in [1.29, 1.82) is 0 Å². The summed E-state index contributed by atoms with van der Waals surface area (Å²) in [4.78, 5) is 0. The van der Waals surface area contributed by atoms with Crippen molar-refractivity contribution < 1.29 is 0 Å². The topological polar surface area (TPSA) is 4.93 Å². The summed E-state index contributed by atoms with van der Waals surface area (Å²) in [6.07, 6.45) is 9.29. The number of benzene rings is 1. The summed E-state index contributed by atoms with van der Waals surface area (Å²) in [5.41, 5.74) is 2.62. The van der Waals surface area contributed by atoms with E-state index < -0.39 is 0 Å². The van der Waals surface area contributed by atoms with E-state index in [-0.39, 0.29) is 0 Å². The zero-order valence-electron chi connectivity index (χ0n) is 9.03. The van der Waals surface area contributed by atoms with E-state index in [4.69, 9.17) is 6.42 Å². The van der Waals surface area contributed by atoms with Crippen molar-refractivity contribution in [3.8, 4) is 12.3 Å². The van der Waals surface area contributed by atoms with Crippen LogP contribution in [0.2, 0.25) is 0 Å². The number of fused-ring (bicyclic) bond motifs is 1. The first-order valence-electron chi connectivity index (χ1n) is 5.30. The second kappa shape index (κ2) is 4.23. The summed E-state index contributed by atoms with van der Waals surface area (Å²) in [5, 5.41) is 1.31. The Balaban J connectivity index is 2.28. The number of terminal acetylenes is 1. The van der Waals surface area contributed by atoms with Gasteiger partial charge in [-0.05, 0) is 36.4 Å². The van der Waals surface area contributed by atoms with Gasteiger partial charge in [-0.25, -0.2) is 0 Å². The fourth-order valence-electron chi connectivity index (χ4n) is 1.84. The highest BCUT2D eigenvalue weighted by atomic mass is 14.9. The number of hydrogen-bond acceptors (Lipinski definition) is 0. The fourth-order valence-corrected chi connectivity index (χ4v) is 1.84. The van der Waals surface area contributed by atoms with E-state index in [1.54, 1.807) is 0 Å². The zero-order chi connectivity index (χ0) is 10.7. The van der Waals surface area contributed by atoms with Gasteiger partial charge in [-0.2, -0.15) is 0 Å². The second-order valence-corrected chi connectivity index (χ2v) is 3.88. The summed E-state index contributed by atoms with van der Waals surface area (Å²) in [5.74, 6) is 2.68. The van der Waals surface area contributed by atoms with Gasteiger partial charge in [0.1, 0.15) is 0 Å². The van der Waals surface area contributed by atoms with Gasteiger partial charge in [-0.1, -0.05) is 12.1 Å².